The van der Waals surface area contributed by atoms with Crippen molar-refractivity contribution in [2.75, 3.05) is 0 Å². The Morgan fingerprint density at radius 3 is 2.68 bits per heavy atom. The highest BCUT2D eigenvalue weighted by Gasteiger charge is 2.22. The lowest BCUT2D eigenvalue weighted by molar-refractivity contribution is 0.102. The molecule has 0 aliphatic rings. The number of benzene rings is 1. The maximum absolute atomic E-state index is 12.6. The Balaban J connectivity index is 2.56. The molecule has 1 aromatic carbocycles. The standard InChI is InChI=1S/C13H11Br2ClN2O/c1-7(2)18-12(10(15)6-17-18)13(19)9-5-8(14)3-4-11(9)16/h3-7H,1-2H3. The third-order valence-electron chi connectivity index (χ3n) is 2.63. The SMILES string of the molecule is CC(C)n1ncc(Br)c1C(=O)c1cc(Br)ccc1Cl. The number of rotatable bonds is 3. The van der Waals surface area contributed by atoms with E-state index in [2.05, 4.69) is 37.0 Å². The second-order valence-electron chi connectivity index (χ2n) is 4.33. The molecule has 0 atom stereocenters. The van der Waals surface area contributed by atoms with Crippen molar-refractivity contribution < 1.29 is 4.79 Å². The Bertz CT molecular complexity index is 638. The van der Waals surface area contributed by atoms with E-state index in [9.17, 15) is 4.79 Å². The molecule has 19 heavy (non-hydrogen) atoms. The van der Waals surface area contributed by atoms with E-state index in [4.69, 9.17) is 11.6 Å². The van der Waals surface area contributed by atoms with E-state index in [0.717, 1.165) is 4.47 Å². The molecule has 100 valence electrons. The minimum Gasteiger partial charge on any atom is -0.287 e. The Morgan fingerprint density at radius 2 is 2.05 bits per heavy atom. The molecule has 0 saturated carbocycles. The van der Waals surface area contributed by atoms with Crippen molar-refractivity contribution in [2.24, 2.45) is 0 Å². The van der Waals surface area contributed by atoms with E-state index in [-0.39, 0.29) is 11.8 Å². The van der Waals surface area contributed by atoms with Gasteiger partial charge in [-0.15, -0.1) is 0 Å². The molecule has 0 radical (unpaired) electrons. The maximum Gasteiger partial charge on any atom is 0.213 e. The van der Waals surface area contributed by atoms with Crippen LogP contribution in [-0.4, -0.2) is 15.6 Å². The van der Waals surface area contributed by atoms with Crippen LogP contribution in [0.15, 0.2) is 33.3 Å². The van der Waals surface area contributed by atoms with Crippen molar-refractivity contribution in [3.63, 3.8) is 0 Å². The molecule has 0 unspecified atom stereocenters. The van der Waals surface area contributed by atoms with Crippen molar-refractivity contribution >= 4 is 49.2 Å². The molecule has 2 rings (SSSR count). The van der Waals surface area contributed by atoms with E-state index in [0.29, 0.717) is 20.8 Å². The summed E-state index contributed by atoms with van der Waals surface area (Å²) in [7, 11) is 0. The summed E-state index contributed by atoms with van der Waals surface area (Å²) in [6.45, 7) is 3.94. The summed E-state index contributed by atoms with van der Waals surface area (Å²) < 4.78 is 3.16. The number of carbonyl (C=O) groups is 1. The quantitative estimate of drug-likeness (QED) is 0.682. The van der Waals surface area contributed by atoms with Crippen molar-refractivity contribution in [2.45, 2.75) is 19.9 Å². The van der Waals surface area contributed by atoms with Gasteiger partial charge in [0.1, 0.15) is 5.69 Å². The van der Waals surface area contributed by atoms with Gasteiger partial charge in [-0.1, -0.05) is 27.5 Å². The third-order valence-corrected chi connectivity index (χ3v) is 4.03. The largest absolute Gasteiger partial charge is 0.287 e. The molecule has 6 heteroatoms. The van der Waals surface area contributed by atoms with E-state index in [1.54, 1.807) is 29.1 Å². The van der Waals surface area contributed by atoms with Gasteiger partial charge < -0.3 is 0 Å². The number of halogens is 3. The molecule has 0 bridgehead atoms. The zero-order valence-corrected chi connectivity index (χ0v) is 14.3. The summed E-state index contributed by atoms with van der Waals surface area (Å²) >= 11 is 12.8. The van der Waals surface area contributed by atoms with Crippen LogP contribution in [0.1, 0.15) is 35.9 Å². The first-order valence-electron chi connectivity index (χ1n) is 5.64. The summed E-state index contributed by atoms with van der Waals surface area (Å²) in [4.78, 5) is 12.6. The Hall–Kier alpha value is -0.650. The highest BCUT2D eigenvalue weighted by molar-refractivity contribution is 9.10. The molecule has 3 nitrogen and oxygen atoms in total. The van der Waals surface area contributed by atoms with Crippen LogP contribution >= 0.6 is 43.5 Å². The van der Waals surface area contributed by atoms with Gasteiger partial charge >= 0.3 is 0 Å². The fraction of sp³-hybridized carbons (Fsp3) is 0.231. The van der Waals surface area contributed by atoms with Gasteiger partial charge in [0, 0.05) is 16.1 Å². The van der Waals surface area contributed by atoms with E-state index < -0.39 is 0 Å². The Morgan fingerprint density at radius 1 is 1.37 bits per heavy atom. The zero-order chi connectivity index (χ0) is 14.2. The Kier molecular flexibility index (Phi) is 4.48. The monoisotopic (exact) mass is 404 g/mol. The normalized spacial score (nSPS) is 11.1. The third kappa shape index (κ3) is 2.93. The lowest BCUT2D eigenvalue weighted by atomic mass is 10.1. The maximum atomic E-state index is 12.6. The van der Waals surface area contributed by atoms with Gasteiger partial charge in [0.05, 0.1) is 15.7 Å². The minimum absolute atomic E-state index is 0.0937. The van der Waals surface area contributed by atoms with Crippen LogP contribution in [-0.2, 0) is 0 Å². The molecular formula is C13H11Br2ClN2O. The first-order valence-corrected chi connectivity index (χ1v) is 7.61. The number of ketones is 1. The average molecular weight is 407 g/mol. The molecule has 0 amide bonds. The molecular weight excluding hydrogens is 395 g/mol. The predicted octanol–water partition coefficient (Wildman–Crippen LogP) is 4.87. The summed E-state index contributed by atoms with van der Waals surface area (Å²) in [5, 5.41) is 4.64. The fourth-order valence-electron chi connectivity index (χ4n) is 1.74. The second-order valence-corrected chi connectivity index (χ2v) is 6.51. The molecule has 2 aromatic rings. The van der Waals surface area contributed by atoms with Crippen LogP contribution < -0.4 is 0 Å². The molecule has 1 aromatic heterocycles. The van der Waals surface area contributed by atoms with E-state index in [1.807, 2.05) is 13.8 Å². The van der Waals surface area contributed by atoms with E-state index in [1.165, 1.54) is 0 Å². The molecule has 0 spiro atoms. The highest BCUT2D eigenvalue weighted by Crippen LogP contribution is 2.27. The molecule has 0 N–H and O–H groups in total. The van der Waals surface area contributed by atoms with Crippen molar-refractivity contribution in [3.8, 4) is 0 Å². The van der Waals surface area contributed by atoms with Crippen LogP contribution in [0.2, 0.25) is 5.02 Å². The van der Waals surface area contributed by atoms with Crippen LogP contribution in [0, 0.1) is 0 Å². The summed E-state index contributed by atoms with van der Waals surface area (Å²) in [6.07, 6.45) is 1.62. The molecule has 0 aliphatic carbocycles. The Labute approximate surface area is 133 Å². The van der Waals surface area contributed by atoms with E-state index >= 15 is 0 Å². The topological polar surface area (TPSA) is 34.9 Å². The van der Waals surface area contributed by atoms with Gasteiger partial charge in [0.25, 0.3) is 0 Å². The van der Waals surface area contributed by atoms with Crippen molar-refractivity contribution in [1.29, 1.82) is 0 Å². The number of carbonyl (C=O) groups excluding carboxylic acids is 1. The smallest absolute Gasteiger partial charge is 0.213 e. The number of aromatic nitrogens is 2. The summed E-state index contributed by atoms with van der Waals surface area (Å²) in [5.74, 6) is -0.149. The van der Waals surface area contributed by atoms with Crippen LogP contribution in [0.5, 0.6) is 0 Å². The van der Waals surface area contributed by atoms with Crippen LogP contribution in [0.4, 0.5) is 0 Å². The highest BCUT2D eigenvalue weighted by atomic mass is 79.9. The van der Waals surface area contributed by atoms with Gasteiger partial charge in [0.2, 0.25) is 5.78 Å². The van der Waals surface area contributed by atoms with Gasteiger partial charge in [-0.05, 0) is 48.0 Å². The lowest BCUT2D eigenvalue weighted by Gasteiger charge is -2.11. The lowest BCUT2D eigenvalue weighted by Crippen LogP contribution is -2.14. The number of hydrogen-bond acceptors (Lipinski definition) is 2. The van der Waals surface area contributed by atoms with Gasteiger partial charge in [-0.3, -0.25) is 9.48 Å². The first-order chi connectivity index (χ1) is 8.91. The van der Waals surface area contributed by atoms with Crippen LogP contribution in [0.3, 0.4) is 0 Å². The zero-order valence-electron chi connectivity index (χ0n) is 10.3. The second kappa shape index (κ2) is 5.77. The van der Waals surface area contributed by atoms with Gasteiger partial charge in [0.15, 0.2) is 0 Å². The van der Waals surface area contributed by atoms with Gasteiger partial charge in [-0.2, -0.15) is 5.10 Å². The fourth-order valence-corrected chi connectivity index (χ4v) is 2.76. The predicted molar refractivity (Wildman–Crippen MR) is 82.9 cm³/mol. The minimum atomic E-state index is -0.149. The molecule has 1 heterocycles. The number of hydrogen-bond donors (Lipinski definition) is 0. The van der Waals surface area contributed by atoms with Gasteiger partial charge in [-0.25, -0.2) is 0 Å². The summed E-state index contributed by atoms with van der Waals surface area (Å²) in [6, 6.07) is 5.31. The molecule has 0 fully saturated rings. The van der Waals surface area contributed by atoms with Crippen molar-refractivity contribution in [3.05, 3.63) is 49.6 Å². The van der Waals surface area contributed by atoms with Crippen LogP contribution in [0.25, 0.3) is 0 Å². The first kappa shape index (κ1) is 14.8. The number of nitrogens with zero attached hydrogens (tertiary/aromatic N) is 2. The van der Waals surface area contributed by atoms with Crippen molar-refractivity contribution in [1.82, 2.24) is 9.78 Å². The molecule has 0 aliphatic heterocycles. The molecule has 0 saturated heterocycles. The summed E-state index contributed by atoms with van der Waals surface area (Å²) in [5.41, 5.74) is 0.967. The average Bonchev–Trinajstić information content (AvgIpc) is 2.73.